The summed E-state index contributed by atoms with van der Waals surface area (Å²) in [5.74, 6) is -0.0787. The average molecular weight is 351 g/mol. The van der Waals surface area contributed by atoms with Crippen molar-refractivity contribution >= 4 is 39.3 Å². The van der Waals surface area contributed by atoms with Crippen molar-refractivity contribution in [2.24, 2.45) is 0 Å². The van der Waals surface area contributed by atoms with Crippen LogP contribution in [0.5, 0.6) is 0 Å². The number of amides is 1. The van der Waals surface area contributed by atoms with Gasteiger partial charge in [0.05, 0.1) is 5.56 Å². The van der Waals surface area contributed by atoms with E-state index in [0.717, 1.165) is 14.3 Å². The number of nitrogens with one attached hydrogen (secondary N) is 1. The van der Waals surface area contributed by atoms with Crippen LogP contribution in [0.15, 0.2) is 56.7 Å². The van der Waals surface area contributed by atoms with E-state index in [4.69, 9.17) is 5.73 Å². The van der Waals surface area contributed by atoms with E-state index in [1.165, 1.54) is 11.8 Å². The normalized spacial score (nSPS) is 10.3. The minimum absolute atomic E-state index is 0.0787. The Labute approximate surface area is 131 Å². The first kappa shape index (κ1) is 14.9. The molecule has 20 heavy (non-hydrogen) atoms. The van der Waals surface area contributed by atoms with Gasteiger partial charge in [-0.15, -0.1) is 0 Å². The predicted octanol–water partition coefficient (Wildman–Crippen LogP) is 3.93. The Balaban J connectivity index is 2.34. The Kier molecular flexibility index (Phi) is 5.09. The highest BCUT2D eigenvalue weighted by Gasteiger charge is 2.12. The van der Waals surface area contributed by atoms with Crippen molar-refractivity contribution in [2.75, 3.05) is 12.3 Å². The number of nitrogens with two attached hydrogens (primary N) is 1. The Hall–Kier alpha value is -1.46. The van der Waals surface area contributed by atoms with Crippen LogP contribution >= 0.6 is 27.7 Å². The first-order valence-corrected chi connectivity index (χ1v) is 7.82. The zero-order valence-electron chi connectivity index (χ0n) is 11.0. The van der Waals surface area contributed by atoms with Crippen molar-refractivity contribution in [2.45, 2.75) is 16.7 Å². The van der Waals surface area contributed by atoms with E-state index >= 15 is 0 Å². The van der Waals surface area contributed by atoms with Crippen LogP contribution in [0.2, 0.25) is 0 Å². The van der Waals surface area contributed by atoms with E-state index in [1.54, 1.807) is 12.1 Å². The summed E-state index contributed by atoms with van der Waals surface area (Å²) in [6, 6.07) is 13.3. The van der Waals surface area contributed by atoms with Gasteiger partial charge >= 0.3 is 0 Å². The number of halogens is 1. The predicted molar refractivity (Wildman–Crippen MR) is 87.1 cm³/mol. The van der Waals surface area contributed by atoms with Crippen molar-refractivity contribution in [1.29, 1.82) is 0 Å². The zero-order chi connectivity index (χ0) is 14.5. The number of anilines is 1. The molecule has 0 aromatic heterocycles. The van der Waals surface area contributed by atoms with Crippen LogP contribution in [0.1, 0.15) is 17.3 Å². The number of carbonyl (C=O) groups excluding carboxylic acids is 1. The first-order valence-electron chi connectivity index (χ1n) is 6.21. The third-order valence-electron chi connectivity index (χ3n) is 2.61. The van der Waals surface area contributed by atoms with Crippen LogP contribution in [0.4, 0.5) is 5.69 Å². The maximum Gasteiger partial charge on any atom is 0.252 e. The summed E-state index contributed by atoms with van der Waals surface area (Å²) in [6.45, 7) is 2.50. The summed E-state index contributed by atoms with van der Waals surface area (Å²) < 4.78 is 1.01. The first-order chi connectivity index (χ1) is 9.60. The van der Waals surface area contributed by atoms with Gasteiger partial charge in [-0.25, -0.2) is 0 Å². The lowest BCUT2D eigenvalue weighted by molar-refractivity contribution is 0.0953. The lowest BCUT2D eigenvalue weighted by Crippen LogP contribution is -2.23. The lowest BCUT2D eigenvalue weighted by atomic mass is 10.2. The molecule has 104 valence electrons. The summed E-state index contributed by atoms with van der Waals surface area (Å²) in [7, 11) is 0. The smallest absolute Gasteiger partial charge is 0.252 e. The van der Waals surface area contributed by atoms with Gasteiger partial charge in [-0.2, -0.15) is 0 Å². The second-order valence-corrected chi connectivity index (χ2v) is 6.21. The van der Waals surface area contributed by atoms with Crippen LogP contribution in [0.25, 0.3) is 0 Å². The molecule has 0 unspecified atom stereocenters. The van der Waals surface area contributed by atoms with Crippen LogP contribution in [-0.4, -0.2) is 12.5 Å². The highest BCUT2D eigenvalue weighted by Crippen LogP contribution is 2.33. The molecule has 3 N–H and O–H groups in total. The number of hydrogen-bond donors (Lipinski definition) is 2. The molecule has 0 saturated carbocycles. The molecule has 1 amide bonds. The van der Waals surface area contributed by atoms with Crippen LogP contribution in [0, 0.1) is 0 Å². The van der Waals surface area contributed by atoms with Crippen LogP contribution in [0.3, 0.4) is 0 Å². The van der Waals surface area contributed by atoms with Gasteiger partial charge in [0.2, 0.25) is 0 Å². The molecule has 0 spiro atoms. The molecule has 0 fully saturated rings. The quantitative estimate of drug-likeness (QED) is 0.821. The number of rotatable bonds is 4. The van der Waals surface area contributed by atoms with Gasteiger partial charge < -0.3 is 11.1 Å². The van der Waals surface area contributed by atoms with Crippen molar-refractivity contribution < 1.29 is 4.79 Å². The van der Waals surface area contributed by atoms with Crippen LogP contribution in [-0.2, 0) is 0 Å². The van der Waals surface area contributed by atoms with Gasteiger partial charge in [-0.05, 0) is 43.3 Å². The molecule has 5 heteroatoms. The number of nitrogen functional groups attached to an aromatic ring is 1. The molecule has 0 atom stereocenters. The lowest BCUT2D eigenvalue weighted by Gasteiger charge is -2.10. The molecule has 3 nitrogen and oxygen atoms in total. The summed E-state index contributed by atoms with van der Waals surface area (Å²) in [5, 5.41) is 2.82. The van der Waals surface area contributed by atoms with Gasteiger partial charge in [0.1, 0.15) is 0 Å². The Morgan fingerprint density at radius 3 is 2.80 bits per heavy atom. The molecular weight excluding hydrogens is 336 g/mol. The standard InChI is InChI=1S/C15H15BrN2OS/c1-2-18-15(19)13-7-6-11(17)9-14(13)20-12-5-3-4-10(16)8-12/h3-9H,2,17H2,1H3,(H,18,19). The fourth-order valence-electron chi connectivity index (χ4n) is 1.72. The largest absolute Gasteiger partial charge is 0.399 e. The van der Waals surface area contributed by atoms with Gasteiger partial charge in [0, 0.05) is 26.5 Å². The SMILES string of the molecule is CCNC(=O)c1ccc(N)cc1Sc1cccc(Br)c1. The highest BCUT2D eigenvalue weighted by atomic mass is 79.9. The molecule has 2 aromatic carbocycles. The van der Waals surface area contributed by atoms with E-state index < -0.39 is 0 Å². The molecule has 0 aliphatic heterocycles. The molecule has 2 aromatic rings. The van der Waals surface area contributed by atoms with Crippen molar-refractivity contribution in [3.05, 3.63) is 52.5 Å². The summed E-state index contributed by atoms with van der Waals surface area (Å²) in [4.78, 5) is 14.0. The van der Waals surface area contributed by atoms with E-state index in [1.807, 2.05) is 37.3 Å². The Morgan fingerprint density at radius 2 is 2.10 bits per heavy atom. The molecule has 0 heterocycles. The summed E-state index contributed by atoms with van der Waals surface area (Å²) in [5.41, 5.74) is 7.12. The second kappa shape index (κ2) is 6.81. The van der Waals surface area contributed by atoms with Gasteiger partial charge in [-0.1, -0.05) is 33.8 Å². The molecule has 0 saturated heterocycles. The van der Waals surface area contributed by atoms with Gasteiger partial charge in [0.15, 0.2) is 0 Å². The topological polar surface area (TPSA) is 55.1 Å². The van der Waals surface area contributed by atoms with Crippen LogP contribution < -0.4 is 11.1 Å². The molecule has 0 bridgehead atoms. The minimum atomic E-state index is -0.0787. The molecule has 0 radical (unpaired) electrons. The highest BCUT2D eigenvalue weighted by molar-refractivity contribution is 9.10. The van der Waals surface area contributed by atoms with E-state index in [-0.39, 0.29) is 5.91 Å². The molecule has 2 rings (SSSR count). The van der Waals surface area contributed by atoms with Crippen molar-refractivity contribution in [3.63, 3.8) is 0 Å². The maximum absolute atomic E-state index is 12.1. The third kappa shape index (κ3) is 3.77. The van der Waals surface area contributed by atoms with E-state index in [9.17, 15) is 4.79 Å². The summed E-state index contributed by atoms with van der Waals surface area (Å²) >= 11 is 4.97. The number of carbonyl (C=O) groups is 1. The van der Waals surface area contributed by atoms with Crippen molar-refractivity contribution in [1.82, 2.24) is 5.32 Å². The minimum Gasteiger partial charge on any atom is -0.399 e. The number of hydrogen-bond acceptors (Lipinski definition) is 3. The zero-order valence-corrected chi connectivity index (χ0v) is 13.4. The fraction of sp³-hybridized carbons (Fsp3) is 0.133. The fourth-order valence-corrected chi connectivity index (χ4v) is 3.33. The molecular formula is C15H15BrN2OS. The third-order valence-corrected chi connectivity index (χ3v) is 4.15. The monoisotopic (exact) mass is 350 g/mol. The summed E-state index contributed by atoms with van der Waals surface area (Å²) in [6.07, 6.45) is 0. The second-order valence-electron chi connectivity index (χ2n) is 4.17. The molecule has 0 aliphatic rings. The Bertz CT molecular complexity index is 631. The maximum atomic E-state index is 12.1. The van der Waals surface area contributed by atoms with Gasteiger partial charge in [-0.3, -0.25) is 4.79 Å². The van der Waals surface area contributed by atoms with E-state index in [2.05, 4.69) is 21.2 Å². The average Bonchev–Trinajstić information content (AvgIpc) is 2.39. The van der Waals surface area contributed by atoms with E-state index in [0.29, 0.717) is 17.8 Å². The number of benzene rings is 2. The van der Waals surface area contributed by atoms with Gasteiger partial charge in [0.25, 0.3) is 5.91 Å². The Morgan fingerprint density at radius 1 is 1.30 bits per heavy atom. The van der Waals surface area contributed by atoms with Crippen molar-refractivity contribution in [3.8, 4) is 0 Å². The molecule has 0 aliphatic carbocycles.